The third-order valence-electron chi connectivity index (χ3n) is 3.66. The smallest absolute Gasteiger partial charge is 0.276 e. The van der Waals surface area contributed by atoms with E-state index in [1.165, 1.54) is 0 Å². The molecule has 6 heteroatoms. The molecular weight excluding hydrogens is 300 g/mol. The molecule has 0 aliphatic carbocycles. The number of carbonyl (C=O) groups is 1. The lowest BCUT2D eigenvalue weighted by atomic mass is 10.2. The molecule has 1 aromatic rings. The summed E-state index contributed by atoms with van der Waals surface area (Å²) in [6.45, 7) is 3.19. The van der Waals surface area contributed by atoms with Gasteiger partial charge in [0.1, 0.15) is 11.5 Å². The highest BCUT2D eigenvalue weighted by Crippen LogP contribution is 2.19. The molecule has 3 heterocycles. The van der Waals surface area contributed by atoms with Gasteiger partial charge < -0.3 is 14.5 Å². The summed E-state index contributed by atoms with van der Waals surface area (Å²) in [5, 5.41) is 3.42. The monoisotopic (exact) mass is 318 g/mol. The van der Waals surface area contributed by atoms with Crippen LogP contribution in [-0.4, -0.2) is 35.2 Å². The number of ether oxygens (including phenoxy) is 1. The highest BCUT2D eigenvalue weighted by Gasteiger charge is 2.33. The second kappa shape index (κ2) is 6.46. The van der Waals surface area contributed by atoms with Crippen LogP contribution in [0.15, 0.2) is 40.2 Å². The van der Waals surface area contributed by atoms with Gasteiger partial charge in [0.15, 0.2) is 5.11 Å². The second-order valence-electron chi connectivity index (χ2n) is 5.44. The average Bonchev–Trinajstić information content (AvgIpc) is 3.19. The quantitative estimate of drug-likeness (QED) is 0.683. The fourth-order valence-electron chi connectivity index (χ4n) is 2.60. The van der Waals surface area contributed by atoms with Crippen LogP contribution >= 0.6 is 12.2 Å². The van der Waals surface area contributed by atoms with E-state index in [0.29, 0.717) is 17.4 Å². The Morgan fingerprint density at radius 1 is 1.59 bits per heavy atom. The van der Waals surface area contributed by atoms with Gasteiger partial charge in [-0.15, -0.1) is 0 Å². The molecule has 1 aromatic heterocycles. The molecule has 2 fully saturated rings. The van der Waals surface area contributed by atoms with E-state index in [9.17, 15) is 4.79 Å². The van der Waals surface area contributed by atoms with Gasteiger partial charge in [-0.25, -0.2) is 0 Å². The summed E-state index contributed by atoms with van der Waals surface area (Å²) in [6.07, 6.45) is 7.37. The largest absolute Gasteiger partial charge is 0.465 e. The number of allylic oxidation sites excluding steroid dienone is 2. The lowest BCUT2D eigenvalue weighted by Crippen LogP contribution is -2.37. The van der Waals surface area contributed by atoms with Crippen LogP contribution in [0.3, 0.4) is 0 Å². The number of amides is 1. The standard InChI is InChI=1S/C16H18N2O3S/c1-11(8-12-4-2-6-20-12)9-14-15(19)18(16(22)17-14)10-13-5-3-7-21-13/h2,4,6,8-9,13H,3,5,7,10H2,1H3,(H,17,22)/b11-8+,14-9+. The molecular formula is C16H18N2O3S. The van der Waals surface area contributed by atoms with E-state index >= 15 is 0 Å². The van der Waals surface area contributed by atoms with Gasteiger partial charge in [0.05, 0.1) is 18.9 Å². The third-order valence-corrected chi connectivity index (χ3v) is 3.98. The molecule has 1 N–H and O–H groups in total. The van der Waals surface area contributed by atoms with Gasteiger partial charge in [-0.3, -0.25) is 9.69 Å². The first-order valence-electron chi connectivity index (χ1n) is 7.31. The van der Waals surface area contributed by atoms with Crippen molar-refractivity contribution in [1.82, 2.24) is 10.2 Å². The van der Waals surface area contributed by atoms with Crippen LogP contribution in [-0.2, 0) is 9.53 Å². The molecule has 2 aliphatic rings. The summed E-state index contributed by atoms with van der Waals surface area (Å²) in [6, 6.07) is 3.68. The number of hydrogen-bond donors (Lipinski definition) is 1. The van der Waals surface area contributed by atoms with Crippen LogP contribution in [0.5, 0.6) is 0 Å². The molecule has 1 atom stereocenters. The van der Waals surface area contributed by atoms with Crippen molar-refractivity contribution in [3.63, 3.8) is 0 Å². The fourth-order valence-corrected chi connectivity index (χ4v) is 2.86. The first kappa shape index (κ1) is 15.0. The van der Waals surface area contributed by atoms with Crippen molar-refractivity contribution < 1.29 is 13.9 Å². The van der Waals surface area contributed by atoms with Gasteiger partial charge in [0, 0.05) is 6.61 Å². The minimum Gasteiger partial charge on any atom is -0.465 e. The van der Waals surface area contributed by atoms with E-state index in [0.717, 1.165) is 30.8 Å². The Labute approximate surface area is 134 Å². The minimum atomic E-state index is -0.104. The molecule has 0 spiro atoms. The van der Waals surface area contributed by atoms with Gasteiger partial charge in [0.2, 0.25) is 0 Å². The van der Waals surface area contributed by atoms with Gasteiger partial charge in [-0.05, 0) is 61.8 Å². The number of nitrogens with zero attached hydrogens (tertiary/aromatic N) is 1. The molecule has 116 valence electrons. The van der Waals surface area contributed by atoms with E-state index in [1.807, 2.05) is 25.1 Å². The first-order valence-corrected chi connectivity index (χ1v) is 7.72. The van der Waals surface area contributed by atoms with Crippen molar-refractivity contribution in [2.24, 2.45) is 0 Å². The maximum Gasteiger partial charge on any atom is 0.276 e. The van der Waals surface area contributed by atoms with Gasteiger partial charge in [-0.2, -0.15) is 0 Å². The predicted octanol–water partition coefficient (Wildman–Crippen LogP) is 2.46. The van der Waals surface area contributed by atoms with Crippen molar-refractivity contribution in [3.8, 4) is 0 Å². The van der Waals surface area contributed by atoms with Crippen LogP contribution in [0, 0.1) is 0 Å². The van der Waals surface area contributed by atoms with Crippen molar-refractivity contribution in [1.29, 1.82) is 0 Å². The lowest BCUT2D eigenvalue weighted by molar-refractivity contribution is -0.123. The lowest BCUT2D eigenvalue weighted by Gasteiger charge is -2.18. The number of hydrogen-bond acceptors (Lipinski definition) is 4. The number of furan rings is 1. The van der Waals surface area contributed by atoms with Crippen molar-refractivity contribution in [2.45, 2.75) is 25.9 Å². The number of thiocarbonyl (C=S) groups is 1. The molecule has 3 rings (SSSR count). The summed E-state index contributed by atoms with van der Waals surface area (Å²) < 4.78 is 10.8. The average molecular weight is 318 g/mol. The van der Waals surface area contributed by atoms with Crippen molar-refractivity contribution in [2.75, 3.05) is 13.2 Å². The Hall–Kier alpha value is -1.92. The highest BCUT2D eigenvalue weighted by atomic mass is 32.1. The normalized spacial score (nSPS) is 24.4. The van der Waals surface area contributed by atoms with Crippen LogP contribution in [0.2, 0.25) is 0 Å². The van der Waals surface area contributed by atoms with Crippen LogP contribution in [0.25, 0.3) is 6.08 Å². The van der Waals surface area contributed by atoms with E-state index in [1.54, 1.807) is 17.2 Å². The molecule has 1 amide bonds. The highest BCUT2D eigenvalue weighted by molar-refractivity contribution is 7.80. The number of rotatable bonds is 4. The SMILES string of the molecule is CC(=C\c1ccco1)/C=C1/NC(=S)N(CC2CCCO2)C1=O. The van der Waals surface area contributed by atoms with Gasteiger partial charge in [-0.1, -0.05) is 0 Å². The van der Waals surface area contributed by atoms with E-state index in [-0.39, 0.29) is 12.0 Å². The second-order valence-corrected chi connectivity index (χ2v) is 5.83. The zero-order valence-electron chi connectivity index (χ0n) is 12.4. The summed E-state index contributed by atoms with van der Waals surface area (Å²) in [5.41, 5.74) is 1.40. The zero-order chi connectivity index (χ0) is 15.5. The molecule has 2 aliphatic heterocycles. The van der Waals surface area contributed by atoms with Crippen LogP contribution < -0.4 is 5.32 Å². The summed E-state index contributed by atoms with van der Waals surface area (Å²) >= 11 is 5.26. The van der Waals surface area contributed by atoms with Gasteiger partial charge >= 0.3 is 0 Å². The Balaban J connectivity index is 1.71. The number of carbonyl (C=O) groups excluding carboxylic acids is 1. The summed E-state index contributed by atoms with van der Waals surface area (Å²) in [7, 11) is 0. The van der Waals surface area contributed by atoms with E-state index in [4.69, 9.17) is 21.4 Å². The third kappa shape index (κ3) is 3.28. The first-order chi connectivity index (χ1) is 10.6. The molecule has 0 bridgehead atoms. The van der Waals surface area contributed by atoms with Crippen molar-refractivity contribution in [3.05, 3.63) is 41.5 Å². The molecule has 0 aromatic carbocycles. The topological polar surface area (TPSA) is 54.7 Å². The Morgan fingerprint density at radius 2 is 2.45 bits per heavy atom. The predicted molar refractivity (Wildman–Crippen MR) is 86.9 cm³/mol. The number of nitrogens with one attached hydrogen (secondary N) is 1. The molecule has 2 saturated heterocycles. The van der Waals surface area contributed by atoms with Crippen LogP contribution in [0.1, 0.15) is 25.5 Å². The maximum atomic E-state index is 12.4. The van der Waals surface area contributed by atoms with Crippen molar-refractivity contribution >= 4 is 29.3 Å². The Bertz CT molecular complexity index is 628. The Morgan fingerprint density at radius 3 is 3.14 bits per heavy atom. The van der Waals surface area contributed by atoms with E-state index in [2.05, 4.69) is 5.32 Å². The maximum absolute atomic E-state index is 12.4. The molecule has 0 radical (unpaired) electrons. The molecule has 5 nitrogen and oxygen atoms in total. The Kier molecular flexibility index (Phi) is 4.40. The van der Waals surface area contributed by atoms with Crippen LogP contribution in [0.4, 0.5) is 0 Å². The summed E-state index contributed by atoms with van der Waals surface area (Å²) in [4.78, 5) is 14.0. The molecule has 1 unspecified atom stereocenters. The fraction of sp³-hybridized carbons (Fsp3) is 0.375. The minimum absolute atomic E-state index is 0.0859. The zero-order valence-corrected chi connectivity index (χ0v) is 13.2. The summed E-state index contributed by atoms with van der Waals surface area (Å²) in [5.74, 6) is 0.645. The molecule has 22 heavy (non-hydrogen) atoms. The van der Waals surface area contributed by atoms with Gasteiger partial charge in [0.25, 0.3) is 5.91 Å². The van der Waals surface area contributed by atoms with E-state index < -0.39 is 0 Å². The molecule has 0 saturated carbocycles.